The van der Waals surface area contributed by atoms with E-state index in [1.807, 2.05) is 24.3 Å². The summed E-state index contributed by atoms with van der Waals surface area (Å²) in [5, 5.41) is 4.21. The van der Waals surface area contributed by atoms with Crippen LogP contribution in [0.2, 0.25) is 0 Å². The number of nitrogens with one attached hydrogen (secondary N) is 2. The van der Waals surface area contributed by atoms with Crippen molar-refractivity contribution in [3.8, 4) is 0 Å². The molecule has 0 fully saturated rings. The fraction of sp³-hybridized carbons (Fsp3) is 0.261. The summed E-state index contributed by atoms with van der Waals surface area (Å²) in [7, 11) is -1.39. The Balaban J connectivity index is 1.48. The lowest BCUT2D eigenvalue weighted by Crippen LogP contribution is -2.22. The van der Waals surface area contributed by atoms with Gasteiger partial charge in [-0.25, -0.2) is 9.78 Å². The average Bonchev–Trinajstić information content (AvgIpc) is 3.41. The Morgan fingerprint density at radius 1 is 1.25 bits per heavy atom. The number of hydrogen-bond donors (Lipinski definition) is 2. The van der Waals surface area contributed by atoms with E-state index in [1.54, 1.807) is 10.9 Å². The maximum atomic E-state index is 12.8. The zero-order chi connectivity index (χ0) is 22.1. The van der Waals surface area contributed by atoms with Gasteiger partial charge in [0.1, 0.15) is 6.33 Å². The van der Waals surface area contributed by atoms with E-state index in [-0.39, 0.29) is 5.76 Å². The minimum atomic E-state index is -1.39. The van der Waals surface area contributed by atoms with Crippen LogP contribution in [0.5, 0.6) is 0 Å². The van der Waals surface area contributed by atoms with Crippen molar-refractivity contribution in [1.29, 1.82) is 0 Å². The van der Waals surface area contributed by atoms with Crippen molar-refractivity contribution >= 4 is 43.6 Å². The number of hydrogen-bond acceptors (Lipinski definition) is 7. The first kappa shape index (κ1) is 21.0. The van der Waals surface area contributed by atoms with Gasteiger partial charge in [-0.1, -0.05) is 30.3 Å². The summed E-state index contributed by atoms with van der Waals surface area (Å²) in [5.41, 5.74) is 4.98. The van der Waals surface area contributed by atoms with E-state index in [4.69, 9.17) is 4.42 Å². The Hall–Kier alpha value is -2.88. The lowest BCUT2D eigenvalue weighted by molar-refractivity contribution is 0.517. The summed E-state index contributed by atoms with van der Waals surface area (Å²) in [4.78, 5) is 18.1. The molecule has 32 heavy (non-hydrogen) atoms. The first-order valence-corrected chi connectivity index (χ1v) is 13.6. The molecule has 166 valence electrons. The van der Waals surface area contributed by atoms with Crippen LogP contribution in [-0.4, -0.2) is 39.5 Å². The van der Waals surface area contributed by atoms with E-state index >= 15 is 0 Å². The first-order chi connectivity index (χ1) is 15.5. The molecule has 1 aliphatic rings. The zero-order valence-corrected chi connectivity index (χ0v) is 19.6. The van der Waals surface area contributed by atoms with Crippen LogP contribution in [0.15, 0.2) is 69.0 Å². The smallest absolute Gasteiger partial charge is 0.408 e. The third-order valence-electron chi connectivity index (χ3n) is 5.65. The molecular formula is C23H25N5O2S2. The zero-order valence-electron chi connectivity index (χ0n) is 18.0. The van der Waals surface area contributed by atoms with E-state index in [1.165, 1.54) is 22.7 Å². The summed E-state index contributed by atoms with van der Waals surface area (Å²) in [6.45, 7) is 2.32. The van der Waals surface area contributed by atoms with Crippen molar-refractivity contribution < 1.29 is 4.42 Å². The van der Waals surface area contributed by atoms with E-state index in [0.29, 0.717) is 12.1 Å². The van der Waals surface area contributed by atoms with Gasteiger partial charge in [0.15, 0.2) is 5.58 Å². The first-order valence-electron chi connectivity index (χ1n) is 10.4. The fourth-order valence-corrected chi connectivity index (χ4v) is 6.48. The van der Waals surface area contributed by atoms with Crippen LogP contribution < -0.4 is 15.8 Å². The SMILES string of the molecule is CS(C)(Nc1ncns1)c1ccc2c(c1)oc(=O)n2Cc1ccccc1C1=CCCNC1. The monoisotopic (exact) mass is 467 g/mol. The van der Waals surface area contributed by atoms with Crippen molar-refractivity contribution in [3.63, 3.8) is 0 Å². The number of nitrogens with zero attached hydrogens (tertiary/aromatic N) is 3. The molecule has 4 aromatic rings. The van der Waals surface area contributed by atoms with Crippen LogP contribution in [0.4, 0.5) is 5.13 Å². The van der Waals surface area contributed by atoms with Gasteiger partial charge in [-0.05, 0) is 60.4 Å². The van der Waals surface area contributed by atoms with Gasteiger partial charge >= 0.3 is 5.76 Å². The highest BCUT2D eigenvalue weighted by Gasteiger charge is 2.20. The highest BCUT2D eigenvalue weighted by molar-refractivity contribution is 8.33. The van der Waals surface area contributed by atoms with Crippen LogP contribution in [0, 0.1) is 0 Å². The molecule has 7 nitrogen and oxygen atoms in total. The van der Waals surface area contributed by atoms with Gasteiger partial charge < -0.3 is 14.5 Å². The molecule has 0 amide bonds. The summed E-state index contributed by atoms with van der Waals surface area (Å²) < 4.78 is 14.9. The number of aromatic nitrogens is 3. The number of rotatable bonds is 6. The highest BCUT2D eigenvalue weighted by Crippen LogP contribution is 2.49. The van der Waals surface area contributed by atoms with Gasteiger partial charge in [-0.15, -0.1) is 10.2 Å². The predicted octanol–water partition coefficient (Wildman–Crippen LogP) is 4.32. The lowest BCUT2D eigenvalue weighted by Gasteiger charge is -2.32. The summed E-state index contributed by atoms with van der Waals surface area (Å²) in [5.74, 6) is -0.340. The average molecular weight is 468 g/mol. The lowest BCUT2D eigenvalue weighted by atomic mass is 9.97. The van der Waals surface area contributed by atoms with Crippen LogP contribution in [0.25, 0.3) is 16.7 Å². The molecule has 3 heterocycles. The second-order valence-electron chi connectivity index (χ2n) is 8.11. The number of fused-ring (bicyclic) bond motifs is 1. The van der Waals surface area contributed by atoms with Crippen LogP contribution >= 0.6 is 21.7 Å². The second-order valence-corrected chi connectivity index (χ2v) is 12.2. The summed E-state index contributed by atoms with van der Waals surface area (Å²) >= 11 is 1.33. The van der Waals surface area contributed by atoms with Gasteiger partial charge in [-0.3, -0.25) is 4.57 Å². The summed E-state index contributed by atoms with van der Waals surface area (Å²) in [6.07, 6.45) is 9.14. The topological polar surface area (TPSA) is 85.0 Å². The van der Waals surface area contributed by atoms with Gasteiger partial charge in [0.05, 0.1) is 12.1 Å². The normalized spacial score (nSPS) is 15.0. The molecule has 2 N–H and O–H groups in total. The Labute approximate surface area is 191 Å². The summed E-state index contributed by atoms with van der Waals surface area (Å²) in [6, 6.07) is 14.3. The van der Waals surface area contributed by atoms with E-state index in [0.717, 1.165) is 40.6 Å². The quantitative estimate of drug-likeness (QED) is 0.439. The molecule has 0 saturated carbocycles. The molecule has 0 unspecified atom stereocenters. The molecule has 9 heteroatoms. The van der Waals surface area contributed by atoms with Gasteiger partial charge in [0.2, 0.25) is 5.13 Å². The number of anilines is 1. The van der Waals surface area contributed by atoms with Crippen LogP contribution in [-0.2, 0) is 6.54 Å². The Bertz CT molecular complexity index is 1340. The van der Waals surface area contributed by atoms with Gasteiger partial charge in [0.25, 0.3) is 0 Å². The number of benzene rings is 2. The predicted molar refractivity (Wildman–Crippen MR) is 133 cm³/mol. The molecular weight excluding hydrogens is 442 g/mol. The maximum Gasteiger partial charge on any atom is 0.420 e. The molecule has 0 saturated heterocycles. The van der Waals surface area contributed by atoms with Crippen molar-refractivity contribution in [2.24, 2.45) is 0 Å². The molecule has 0 aliphatic carbocycles. The molecule has 0 radical (unpaired) electrons. The molecule has 0 atom stereocenters. The Kier molecular flexibility index (Phi) is 5.62. The van der Waals surface area contributed by atoms with E-state index < -0.39 is 10.2 Å². The van der Waals surface area contributed by atoms with Gasteiger partial charge in [0, 0.05) is 23.0 Å². The molecule has 0 spiro atoms. The Morgan fingerprint density at radius 3 is 2.91 bits per heavy atom. The van der Waals surface area contributed by atoms with Crippen LogP contribution in [0.1, 0.15) is 17.5 Å². The third-order valence-corrected chi connectivity index (χ3v) is 8.50. The molecule has 2 aromatic carbocycles. The van der Waals surface area contributed by atoms with E-state index in [2.05, 4.69) is 56.2 Å². The molecule has 5 rings (SSSR count). The fourth-order valence-electron chi connectivity index (χ4n) is 4.00. The minimum absolute atomic E-state index is 0.340. The van der Waals surface area contributed by atoms with Crippen LogP contribution in [0.3, 0.4) is 0 Å². The minimum Gasteiger partial charge on any atom is -0.408 e. The van der Waals surface area contributed by atoms with E-state index in [9.17, 15) is 4.79 Å². The standard InChI is InChI=1S/C23H25N5O2S2/c1-32(2,27-22-25-15-26-31-22)18-9-10-20-21(12-18)30-23(29)28(20)14-17-6-3-4-8-19(17)16-7-5-11-24-13-16/h3-4,6-10,12,15,24H,5,11,13-14H2,1-2H3,(H,25,26,27). The van der Waals surface area contributed by atoms with Crippen molar-refractivity contribution in [2.45, 2.75) is 17.9 Å². The highest BCUT2D eigenvalue weighted by atomic mass is 32.3. The molecule has 1 aliphatic heterocycles. The van der Waals surface area contributed by atoms with Crippen molar-refractivity contribution in [2.75, 3.05) is 30.3 Å². The maximum absolute atomic E-state index is 12.8. The van der Waals surface area contributed by atoms with Crippen molar-refractivity contribution in [1.82, 2.24) is 19.2 Å². The van der Waals surface area contributed by atoms with Gasteiger partial charge in [-0.2, -0.15) is 4.37 Å². The largest absolute Gasteiger partial charge is 0.420 e. The van der Waals surface area contributed by atoms with Crippen molar-refractivity contribution in [3.05, 3.63) is 76.5 Å². The molecule has 2 aromatic heterocycles. The third kappa shape index (κ3) is 4.11. The number of oxazole rings is 1. The second kappa shape index (κ2) is 8.57. The molecule has 0 bridgehead atoms. The Morgan fingerprint density at radius 2 is 2.12 bits per heavy atom.